The molecule has 0 aliphatic heterocycles. The van der Waals surface area contributed by atoms with Gasteiger partial charge in [-0.25, -0.2) is 0 Å². The van der Waals surface area contributed by atoms with Crippen molar-refractivity contribution in [1.82, 2.24) is 0 Å². The minimum absolute atomic E-state index is 0.0814. The van der Waals surface area contributed by atoms with Gasteiger partial charge in [-0.15, -0.1) is 0 Å². The Morgan fingerprint density at radius 1 is 0.339 bits per heavy atom. The molecule has 0 aromatic heterocycles. The van der Waals surface area contributed by atoms with Crippen molar-refractivity contribution >= 4 is 17.9 Å². The summed E-state index contributed by atoms with van der Waals surface area (Å²) in [4.78, 5) is 38.0. The predicted molar refractivity (Wildman–Crippen MR) is 265 cm³/mol. The molecular formula is C56H98O6. The molecule has 0 N–H and O–H groups in total. The van der Waals surface area contributed by atoms with Gasteiger partial charge in [-0.2, -0.15) is 0 Å². The molecule has 0 rings (SSSR count). The average Bonchev–Trinajstić information content (AvgIpc) is 3.27. The number of carbonyl (C=O) groups is 3. The largest absolute Gasteiger partial charge is 0.462 e. The van der Waals surface area contributed by atoms with Crippen LogP contribution in [0.4, 0.5) is 0 Å². The fraction of sp³-hybridized carbons (Fsp3) is 0.768. The second kappa shape index (κ2) is 50.8. The van der Waals surface area contributed by atoms with E-state index in [1.807, 2.05) is 0 Å². The molecule has 0 fully saturated rings. The highest BCUT2D eigenvalue weighted by molar-refractivity contribution is 5.71. The Kier molecular flexibility index (Phi) is 48.4. The van der Waals surface area contributed by atoms with Crippen LogP contribution in [0.5, 0.6) is 0 Å². The predicted octanol–water partition coefficient (Wildman–Crippen LogP) is 17.3. The standard InChI is InChI=1S/C56H98O6/c1-4-7-10-13-16-19-22-25-26-27-28-29-30-32-34-37-40-43-46-49-55(58)61-52-53(51-60-54(57)48-45-42-39-36-33-24-21-18-15-12-9-6-3)62-56(59)50-47-44-41-38-35-31-23-20-17-14-11-8-5-2/h7,10,16,19,25-26,28-29,32,34,53H,4-6,8-9,11-15,17-18,20-24,27,30-31,33,35-52H2,1-3H3/b10-7-,19-16-,26-25-,29-28-,34-32-. The van der Waals surface area contributed by atoms with Gasteiger partial charge in [0.25, 0.3) is 0 Å². The van der Waals surface area contributed by atoms with E-state index in [1.54, 1.807) is 0 Å². The smallest absolute Gasteiger partial charge is 0.306 e. The minimum Gasteiger partial charge on any atom is -0.462 e. The summed E-state index contributed by atoms with van der Waals surface area (Å²) in [7, 11) is 0. The number of esters is 3. The maximum atomic E-state index is 12.8. The lowest BCUT2D eigenvalue weighted by Gasteiger charge is -2.18. The van der Waals surface area contributed by atoms with Crippen LogP contribution in [0.1, 0.15) is 258 Å². The molecule has 0 aromatic carbocycles. The zero-order valence-corrected chi connectivity index (χ0v) is 40.9. The topological polar surface area (TPSA) is 78.9 Å². The molecule has 1 atom stereocenters. The summed E-state index contributed by atoms with van der Waals surface area (Å²) in [5, 5.41) is 0. The van der Waals surface area contributed by atoms with Gasteiger partial charge in [0.2, 0.25) is 0 Å². The van der Waals surface area contributed by atoms with Crippen LogP contribution in [0.3, 0.4) is 0 Å². The molecule has 0 saturated carbocycles. The molecule has 0 aliphatic carbocycles. The van der Waals surface area contributed by atoms with Gasteiger partial charge in [-0.3, -0.25) is 14.4 Å². The second-order valence-electron chi connectivity index (χ2n) is 17.4. The van der Waals surface area contributed by atoms with Crippen molar-refractivity contribution in [3.63, 3.8) is 0 Å². The van der Waals surface area contributed by atoms with Crippen LogP contribution in [-0.4, -0.2) is 37.2 Å². The van der Waals surface area contributed by atoms with E-state index in [0.717, 1.165) is 96.3 Å². The van der Waals surface area contributed by atoms with Crippen molar-refractivity contribution in [2.75, 3.05) is 13.2 Å². The highest BCUT2D eigenvalue weighted by Crippen LogP contribution is 2.15. The van der Waals surface area contributed by atoms with Gasteiger partial charge in [0.1, 0.15) is 13.2 Å². The fourth-order valence-electron chi connectivity index (χ4n) is 7.35. The van der Waals surface area contributed by atoms with E-state index < -0.39 is 6.10 Å². The van der Waals surface area contributed by atoms with E-state index in [0.29, 0.717) is 19.3 Å². The van der Waals surface area contributed by atoms with Crippen molar-refractivity contribution in [3.05, 3.63) is 60.8 Å². The summed E-state index contributed by atoms with van der Waals surface area (Å²) in [5.74, 6) is -0.908. The number of rotatable bonds is 47. The third-order valence-corrected chi connectivity index (χ3v) is 11.3. The van der Waals surface area contributed by atoms with Crippen LogP contribution in [0.2, 0.25) is 0 Å². The van der Waals surface area contributed by atoms with Crippen LogP contribution >= 0.6 is 0 Å². The second-order valence-corrected chi connectivity index (χ2v) is 17.4. The van der Waals surface area contributed by atoms with Crippen LogP contribution in [0.15, 0.2) is 60.8 Å². The van der Waals surface area contributed by atoms with Gasteiger partial charge in [-0.1, -0.05) is 236 Å². The summed E-state index contributed by atoms with van der Waals surface area (Å²) in [6, 6.07) is 0. The number of allylic oxidation sites excluding steroid dienone is 10. The molecule has 0 bridgehead atoms. The highest BCUT2D eigenvalue weighted by atomic mass is 16.6. The zero-order valence-electron chi connectivity index (χ0n) is 40.9. The molecule has 0 aromatic rings. The number of ether oxygens (including phenoxy) is 3. The van der Waals surface area contributed by atoms with E-state index in [9.17, 15) is 14.4 Å². The molecule has 0 heterocycles. The van der Waals surface area contributed by atoms with Crippen molar-refractivity contribution < 1.29 is 28.6 Å². The molecule has 6 heteroatoms. The number of hydrogen-bond acceptors (Lipinski definition) is 6. The minimum atomic E-state index is -0.783. The summed E-state index contributed by atoms with van der Waals surface area (Å²) in [6.45, 7) is 6.50. The Balaban J connectivity index is 4.40. The first-order chi connectivity index (χ1) is 30.5. The fourth-order valence-corrected chi connectivity index (χ4v) is 7.35. The monoisotopic (exact) mass is 867 g/mol. The zero-order chi connectivity index (χ0) is 45.1. The summed E-state index contributed by atoms with van der Waals surface area (Å²) < 4.78 is 16.8. The first-order valence-electron chi connectivity index (χ1n) is 26.3. The van der Waals surface area contributed by atoms with Crippen molar-refractivity contribution in [2.24, 2.45) is 0 Å². The Labute approximate surface area is 383 Å². The maximum absolute atomic E-state index is 12.8. The Morgan fingerprint density at radius 3 is 0.984 bits per heavy atom. The molecule has 62 heavy (non-hydrogen) atoms. The molecule has 358 valence electrons. The van der Waals surface area contributed by atoms with Crippen LogP contribution < -0.4 is 0 Å². The lowest BCUT2D eigenvalue weighted by atomic mass is 10.0. The van der Waals surface area contributed by atoms with Gasteiger partial charge in [-0.05, 0) is 64.2 Å². The van der Waals surface area contributed by atoms with E-state index in [1.165, 1.54) is 122 Å². The molecule has 1 unspecified atom stereocenters. The van der Waals surface area contributed by atoms with Crippen molar-refractivity contribution in [3.8, 4) is 0 Å². The molecule has 0 spiro atoms. The summed E-state index contributed by atoms with van der Waals surface area (Å²) in [5.41, 5.74) is 0. The van der Waals surface area contributed by atoms with Crippen molar-refractivity contribution in [1.29, 1.82) is 0 Å². The molecule has 0 amide bonds. The number of unbranched alkanes of at least 4 members (excludes halogenated alkanes) is 26. The number of carbonyl (C=O) groups excluding carboxylic acids is 3. The Hall–Kier alpha value is -2.89. The van der Waals surface area contributed by atoms with E-state index in [4.69, 9.17) is 14.2 Å². The van der Waals surface area contributed by atoms with Gasteiger partial charge in [0.15, 0.2) is 6.10 Å². The van der Waals surface area contributed by atoms with Gasteiger partial charge >= 0.3 is 17.9 Å². The average molecular weight is 867 g/mol. The molecular weight excluding hydrogens is 769 g/mol. The van der Waals surface area contributed by atoms with Crippen LogP contribution in [-0.2, 0) is 28.6 Å². The van der Waals surface area contributed by atoms with Crippen LogP contribution in [0.25, 0.3) is 0 Å². The Morgan fingerprint density at radius 2 is 0.629 bits per heavy atom. The quantitative estimate of drug-likeness (QED) is 0.0262. The third-order valence-electron chi connectivity index (χ3n) is 11.3. The molecule has 0 aliphatic rings. The SMILES string of the molecule is CC/C=C\C/C=C\C/C=C\C/C=C\C/C=C\CCCCCC(=O)OCC(COC(=O)CCCCCCCCCCCCCC)OC(=O)CCCCCCCCCCCCCCC. The van der Waals surface area contributed by atoms with E-state index in [-0.39, 0.29) is 31.1 Å². The number of hydrogen-bond donors (Lipinski definition) is 0. The molecule has 0 saturated heterocycles. The molecule has 0 radical (unpaired) electrons. The maximum Gasteiger partial charge on any atom is 0.306 e. The summed E-state index contributed by atoms with van der Waals surface area (Å²) >= 11 is 0. The first kappa shape index (κ1) is 59.1. The van der Waals surface area contributed by atoms with E-state index in [2.05, 4.69) is 81.5 Å². The van der Waals surface area contributed by atoms with Gasteiger partial charge < -0.3 is 14.2 Å². The van der Waals surface area contributed by atoms with Crippen LogP contribution in [0, 0.1) is 0 Å². The van der Waals surface area contributed by atoms with Gasteiger partial charge in [0, 0.05) is 19.3 Å². The first-order valence-corrected chi connectivity index (χ1v) is 26.3. The lowest BCUT2D eigenvalue weighted by molar-refractivity contribution is -0.167. The normalized spacial score (nSPS) is 12.5. The van der Waals surface area contributed by atoms with Crippen molar-refractivity contribution in [2.45, 2.75) is 264 Å². The van der Waals surface area contributed by atoms with Gasteiger partial charge in [0.05, 0.1) is 0 Å². The Bertz CT molecular complexity index is 1130. The molecule has 6 nitrogen and oxygen atoms in total. The third kappa shape index (κ3) is 48.1. The van der Waals surface area contributed by atoms with E-state index >= 15 is 0 Å². The lowest BCUT2D eigenvalue weighted by Crippen LogP contribution is -2.30. The summed E-state index contributed by atoms with van der Waals surface area (Å²) in [6.07, 6.45) is 62.0. The highest BCUT2D eigenvalue weighted by Gasteiger charge is 2.19.